The van der Waals surface area contributed by atoms with Gasteiger partial charge in [-0.2, -0.15) is 0 Å². The minimum atomic E-state index is -0.238. The summed E-state index contributed by atoms with van der Waals surface area (Å²) in [5, 5.41) is 2.48. The van der Waals surface area contributed by atoms with E-state index in [-0.39, 0.29) is 11.7 Å². The number of furan rings is 1. The number of carbonyl (C=O) groups excluding carboxylic acids is 1. The van der Waals surface area contributed by atoms with Crippen molar-refractivity contribution in [2.24, 2.45) is 0 Å². The van der Waals surface area contributed by atoms with Gasteiger partial charge in [-0.15, -0.1) is 0 Å². The van der Waals surface area contributed by atoms with E-state index in [1.807, 2.05) is 0 Å². The molecule has 0 aliphatic rings. The van der Waals surface area contributed by atoms with Gasteiger partial charge in [-0.25, -0.2) is 0 Å². The van der Waals surface area contributed by atoms with Crippen LogP contribution in [-0.2, 0) is 0 Å². The maximum absolute atomic E-state index is 11.2. The number of carbonyl (C=O) groups is 1. The number of hydrogen-bond acceptors (Lipinski definition) is 3. The zero-order chi connectivity index (χ0) is 9.26. The van der Waals surface area contributed by atoms with Crippen LogP contribution in [0.2, 0.25) is 0 Å². The summed E-state index contributed by atoms with van der Waals surface area (Å²) >= 11 is 0. The molecule has 0 saturated carbocycles. The van der Waals surface area contributed by atoms with Crippen molar-refractivity contribution < 1.29 is 9.21 Å². The molecule has 0 aliphatic heterocycles. The van der Waals surface area contributed by atoms with Crippen LogP contribution in [-0.4, -0.2) is 17.9 Å². The Labute approximate surface area is 74.6 Å². The monoisotopic (exact) mass is 176 g/mol. The molecule has 2 heterocycles. The molecule has 0 bridgehead atoms. The van der Waals surface area contributed by atoms with E-state index in [1.165, 1.54) is 0 Å². The predicted molar refractivity (Wildman–Crippen MR) is 47.4 cm³/mol. The molecule has 13 heavy (non-hydrogen) atoms. The number of amides is 1. The highest BCUT2D eigenvalue weighted by Gasteiger charge is 2.09. The van der Waals surface area contributed by atoms with Crippen LogP contribution < -0.4 is 5.32 Å². The SMILES string of the molecule is CNC(=O)c1cc2ncccc2o1. The lowest BCUT2D eigenvalue weighted by atomic mass is 10.3. The summed E-state index contributed by atoms with van der Waals surface area (Å²) in [5.41, 5.74) is 1.32. The van der Waals surface area contributed by atoms with Gasteiger partial charge in [-0.05, 0) is 12.1 Å². The molecule has 2 aromatic heterocycles. The smallest absolute Gasteiger partial charge is 0.286 e. The third kappa shape index (κ3) is 1.26. The van der Waals surface area contributed by atoms with Gasteiger partial charge in [0.25, 0.3) is 5.91 Å². The van der Waals surface area contributed by atoms with Crippen molar-refractivity contribution in [2.75, 3.05) is 7.05 Å². The Morgan fingerprint density at radius 2 is 2.46 bits per heavy atom. The number of nitrogens with one attached hydrogen (secondary N) is 1. The van der Waals surface area contributed by atoms with E-state index in [0.29, 0.717) is 11.1 Å². The molecule has 0 fully saturated rings. The summed E-state index contributed by atoms with van der Waals surface area (Å²) in [4.78, 5) is 15.2. The highest BCUT2D eigenvalue weighted by Crippen LogP contribution is 2.15. The molecular formula is C9H8N2O2. The lowest BCUT2D eigenvalue weighted by molar-refractivity contribution is 0.0938. The van der Waals surface area contributed by atoms with Crippen LogP contribution in [0.5, 0.6) is 0 Å². The average Bonchev–Trinajstić information content (AvgIpc) is 2.59. The minimum absolute atomic E-state index is 0.238. The minimum Gasteiger partial charge on any atom is -0.449 e. The Morgan fingerprint density at radius 3 is 3.15 bits per heavy atom. The molecule has 1 N–H and O–H groups in total. The average molecular weight is 176 g/mol. The lowest BCUT2D eigenvalue weighted by Gasteiger charge is -1.90. The first-order valence-corrected chi connectivity index (χ1v) is 3.88. The first kappa shape index (κ1) is 7.79. The number of fused-ring (bicyclic) bond motifs is 1. The molecule has 66 valence electrons. The highest BCUT2D eigenvalue weighted by molar-refractivity contribution is 5.94. The van der Waals surface area contributed by atoms with Crippen LogP contribution >= 0.6 is 0 Å². The van der Waals surface area contributed by atoms with Gasteiger partial charge in [0.05, 0.1) is 0 Å². The predicted octanol–water partition coefficient (Wildman–Crippen LogP) is 1.19. The van der Waals surface area contributed by atoms with Gasteiger partial charge >= 0.3 is 0 Å². The summed E-state index contributed by atoms with van der Waals surface area (Å²) in [5.74, 6) is 0.0502. The first-order chi connectivity index (χ1) is 6.31. The summed E-state index contributed by atoms with van der Waals surface area (Å²) in [7, 11) is 1.56. The maximum atomic E-state index is 11.2. The van der Waals surface area contributed by atoms with Gasteiger partial charge in [0.2, 0.25) is 0 Å². The number of pyridine rings is 1. The van der Waals surface area contributed by atoms with Crippen LogP contribution in [0.25, 0.3) is 11.1 Å². The fraction of sp³-hybridized carbons (Fsp3) is 0.111. The largest absolute Gasteiger partial charge is 0.449 e. The van der Waals surface area contributed by atoms with Gasteiger partial charge in [-0.1, -0.05) is 0 Å². The molecule has 2 aromatic rings. The van der Waals surface area contributed by atoms with Crippen molar-refractivity contribution >= 4 is 17.0 Å². The quantitative estimate of drug-likeness (QED) is 0.710. The Balaban J connectivity index is 2.56. The Bertz CT molecular complexity index is 415. The molecule has 0 unspecified atom stereocenters. The van der Waals surface area contributed by atoms with E-state index in [9.17, 15) is 4.79 Å². The van der Waals surface area contributed by atoms with Crippen molar-refractivity contribution in [3.63, 3.8) is 0 Å². The molecule has 0 saturated heterocycles. The zero-order valence-electron chi connectivity index (χ0n) is 7.07. The standard InChI is InChI=1S/C9H8N2O2/c1-10-9(12)8-5-6-7(13-8)3-2-4-11-6/h2-5H,1H3,(H,10,12). The van der Waals surface area contributed by atoms with Gasteiger partial charge in [0.15, 0.2) is 11.3 Å². The molecule has 0 radical (unpaired) electrons. The normalized spacial score (nSPS) is 10.2. The van der Waals surface area contributed by atoms with Crippen LogP contribution in [0.15, 0.2) is 28.8 Å². The van der Waals surface area contributed by atoms with Crippen molar-refractivity contribution in [1.29, 1.82) is 0 Å². The maximum Gasteiger partial charge on any atom is 0.286 e. The number of hydrogen-bond donors (Lipinski definition) is 1. The number of nitrogens with zero attached hydrogens (tertiary/aromatic N) is 1. The van der Waals surface area contributed by atoms with Crippen LogP contribution in [0, 0.1) is 0 Å². The molecule has 4 nitrogen and oxygen atoms in total. The molecule has 2 rings (SSSR count). The third-order valence-electron chi connectivity index (χ3n) is 1.74. The van der Waals surface area contributed by atoms with Crippen LogP contribution in [0.1, 0.15) is 10.6 Å². The summed E-state index contributed by atoms with van der Waals surface area (Å²) in [6, 6.07) is 5.16. The van der Waals surface area contributed by atoms with E-state index in [0.717, 1.165) is 0 Å². The van der Waals surface area contributed by atoms with E-state index in [1.54, 1.807) is 31.4 Å². The molecule has 1 amide bonds. The molecular weight excluding hydrogens is 168 g/mol. The Morgan fingerprint density at radius 1 is 1.62 bits per heavy atom. The van der Waals surface area contributed by atoms with Crippen molar-refractivity contribution in [1.82, 2.24) is 10.3 Å². The van der Waals surface area contributed by atoms with Crippen LogP contribution in [0.4, 0.5) is 0 Å². The van der Waals surface area contributed by atoms with E-state index < -0.39 is 0 Å². The fourth-order valence-electron chi connectivity index (χ4n) is 1.10. The summed E-state index contributed by atoms with van der Waals surface area (Å²) in [6.45, 7) is 0. The second-order valence-corrected chi connectivity index (χ2v) is 2.58. The van der Waals surface area contributed by atoms with E-state index >= 15 is 0 Å². The van der Waals surface area contributed by atoms with Crippen molar-refractivity contribution in [3.05, 3.63) is 30.2 Å². The summed E-state index contributed by atoms with van der Waals surface area (Å²) in [6.07, 6.45) is 1.66. The lowest BCUT2D eigenvalue weighted by Crippen LogP contribution is -2.16. The highest BCUT2D eigenvalue weighted by atomic mass is 16.3. The first-order valence-electron chi connectivity index (χ1n) is 3.88. The molecule has 0 spiro atoms. The second-order valence-electron chi connectivity index (χ2n) is 2.58. The topological polar surface area (TPSA) is 55.1 Å². The van der Waals surface area contributed by atoms with Crippen molar-refractivity contribution in [2.45, 2.75) is 0 Å². The van der Waals surface area contributed by atoms with Gasteiger partial charge < -0.3 is 9.73 Å². The molecule has 0 atom stereocenters. The fourth-order valence-corrected chi connectivity index (χ4v) is 1.10. The molecule has 0 aliphatic carbocycles. The van der Waals surface area contributed by atoms with Crippen LogP contribution in [0.3, 0.4) is 0 Å². The third-order valence-corrected chi connectivity index (χ3v) is 1.74. The second kappa shape index (κ2) is 2.90. The van der Waals surface area contributed by atoms with Gasteiger partial charge in [0.1, 0.15) is 5.52 Å². The Hall–Kier alpha value is -1.84. The zero-order valence-corrected chi connectivity index (χ0v) is 7.07. The van der Waals surface area contributed by atoms with E-state index in [2.05, 4.69) is 10.3 Å². The molecule has 0 aromatic carbocycles. The number of rotatable bonds is 1. The van der Waals surface area contributed by atoms with Crippen molar-refractivity contribution in [3.8, 4) is 0 Å². The Kier molecular flexibility index (Phi) is 1.73. The van der Waals surface area contributed by atoms with Gasteiger partial charge in [-0.3, -0.25) is 9.78 Å². The van der Waals surface area contributed by atoms with Gasteiger partial charge in [0, 0.05) is 19.3 Å². The summed E-state index contributed by atoms with van der Waals surface area (Å²) < 4.78 is 5.25. The van der Waals surface area contributed by atoms with E-state index in [4.69, 9.17) is 4.42 Å². The number of aromatic nitrogens is 1. The molecule has 4 heteroatoms.